The summed E-state index contributed by atoms with van der Waals surface area (Å²) < 4.78 is 0. The fourth-order valence-corrected chi connectivity index (χ4v) is 11.7. The van der Waals surface area contributed by atoms with Crippen LogP contribution < -0.4 is 0 Å². The molecule has 0 amide bonds. The summed E-state index contributed by atoms with van der Waals surface area (Å²) in [6.07, 6.45) is 4.93. The van der Waals surface area contributed by atoms with Gasteiger partial charge in [-0.05, 0) is 86.0 Å². The third kappa shape index (κ3) is 4.47. The molecular formula is C50H34N2S. The zero-order valence-corrected chi connectivity index (χ0v) is 30.3. The molecule has 53 heavy (non-hydrogen) atoms. The van der Waals surface area contributed by atoms with Gasteiger partial charge in [-0.15, -0.1) is 0 Å². The Morgan fingerprint density at radius 1 is 0.377 bits per heavy atom. The average molecular weight is 695 g/mol. The van der Waals surface area contributed by atoms with Crippen molar-refractivity contribution in [3.63, 3.8) is 0 Å². The van der Waals surface area contributed by atoms with Gasteiger partial charge >= 0.3 is 0 Å². The minimum atomic E-state index is -1.19. The molecule has 0 atom stereocenters. The number of aromatic nitrogens is 2. The van der Waals surface area contributed by atoms with Crippen LogP contribution in [0.5, 0.6) is 0 Å². The first kappa shape index (κ1) is 30.3. The number of hydrogen-bond acceptors (Lipinski definition) is 2. The topological polar surface area (TPSA) is 25.8 Å². The third-order valence-corrected chi connectivity index (χ3v) is 14.2. The summed E-state index contributed by atoms with van der Waals surface area (Å²) in [6, 6.07) is 61.9. The van der Waals surface area contributed by atoms with Crippen molar-refractivity contribution in [2.24, 2.45) is 0 Å². The molecule has 0 fully saturated rings. The van der Waals surface area contributed by atoms with E-state index in [1.165, 1.54) is 64.4 Å². The molecule has 2 nitrogen and oxygen atoms in total. The second-order valence-electron chi connectivity index (χ2n) is 14.5. The Labute approximate surface area is 309 Å². The zero-order valence-electron chi connectivity index (χ0n) is 29.5. The molecule has 0 saturated carbocycles. The number of pyridine rings is 2. The molecular weight excluding hydrogens is 661 g/mol. The standard InChI is InChI=1S/C50H34N2S/c1-53(2)46-21-9-8-15-40(46)42-27-24-34-30-43(38-14-6-7-16-41(38)47(34)50(42)53)37-19-10-18-36-35(37)17-11-20-39(36)45-29-26-33-23-22-32-25-28-44(31-12-4-3-5-13-31)51-48(32)49(33)52-45/h3-30H,1-2H3. The van der Waals surface area contributed by atoms with Crippen molar-refractivity contribution >= 4 is 64.2 Å². The van der Waals surface area contributed by atoms with E-state index < -0.39 is 10.0 Å². The zero-order chi connectivity index (χ0) is 35.3. The van der Waals surface area contributed by atoms with Crippen LogP contribution in [0.2, 0.25) is 0 Å². The predicted octanol–water partition coefficient (Wildman–Crippen LogP) is 13.7. The number of rotatable bonds is 3. The summed E-state index contributed by atoms with van der Waals surface area (Å²) in [5.41, 5.74) is 11.2. The van der Waals surface area contributed by atoms with Gasteiger partial charge in [-0.2, -0.15) is 10.0 Å². The summed E-state index contributed by atoms with van der Waals surface area (Å²) in [5.74, 6) is 0. The fourth-order valence-electron chi connectivity index (χ4n) is 8.83. The molecule has 1 aliphatic rings. The van der Waals surface area contributed by atoms with E-state index in [0.717, 1.165) is 44.3 Å². The van der Waals surface area contributed by atoms with Crippen LogP contribution in [0.1, 0.15) is 0 Å². The van der Waals surface area contributed by atoms with Crippen molar-refractivity contribution < 1.29 is 0 Å². The lowest BCUT2D eigenvalue weighted by molar-refractivity contribution is 1.37. The molecule has 8 aromatic carbocycles. The first-order chi connectivity index (χ1) is 26.0. The SMILES string of the molecule is CS1(C)c2ccccc2-c2ccc3cc(-c4cccc5c(-c6ccc7ccc8ccc(-c9ccccc9)nc8c7n6)cccc45)c4ccccc4c3c21. The highest BCUT2D eigenvalue weighted by atomic mass is 32.3. The van der Waals surface area contributed by atoms with E-state index >= 15 is 0 Å². The summed E-state index contributed by atoms with van der Waals surface area (Å²) in [5, 5.41) is 9.89. The molecule has 0 radical (unpaired) electrons. The Balaban J connectivity index is 1.11. The highest BCUT2D eigenvalue weighted by Gasteiger charge is 2.33. The van der Waals surface area contributed by atoms with Crippen LogP contribution in [0.3, 0.4) is 0 Å². The van der Waals surface area contributed by atoms with E-state index in [1.54, 1.807) is 0 Å². The maximum Gasteiger partial charge on any atom is 0.0972 e. The maximum absolute atomic E-state index is 5.36. The van der Waals surface area contributed by atoms with Gasteiger partial charge in [0.15, 0.2) is 0 Å². The summed E-state index contributed by atoms with van der Waals surface area (Å²) in [6.45, 7) is 0. The first-order valence-corrected chi connectivity index (χ1v) is 20.6. The van der Waals surface area contributed by atoms with Crippen molar-refractivity contribution in [2.45, 2.75) is 9.79 Å². The Bertz CT molecular complexity index is 3140. The molecule has 3 heterocycles. The van der Waals surface area contributed by atoms with Gasteiger partial charge in [0.2, 0.25) is 0 Å². The van der Waals surface area contributed by atoms with E-state index in [0.29, 0.717) is 0 Å². The van der Waals surface area contributed by atoms with Crippen LogP contribution in [0.15, 0.2) is 180 Å². The van der Waals surface area contributed by atoms with E-state index in [-0.39, 0.29) is 0 Å². The lowest BCUT2D eigenvalue weighted by atomic mass is 9.88. The Hall–Kier alpha value is -6.29. The van der Waals surface area contributed by atoms with E-state index in [4.69, 9.17) is 9.97 Å². The van der Waals surface area contributed by atoms with Gasteiger partial charge in [0.1, 0.15) is 0 Å². The summed E-state index contributed by atoms with van der Waals surface area (Å²) in [4.78, 5) is 13.5. The number of hydrogen-bond donors (Lipinski definition) is 0. The Morgan fingerprint density at radius 2 is 0.925 bits per heavy atom. The van der Waals surface area contributed by atoms with Gasteiger partial charge in [0.05, 0.1) is 22.4 Å². The van der Waals surface area contributed by atoms with Gasteiger partial charge in [0.25, 0.3) is 0 Å². The predicted molar refractivity (Wildman–Crippen MR) is 227 cm³/mol. The third-order valence-electron chi connectivity index (χ3n) is 11.3. The second kappa shape index (κ2) is 11.4. The van der Waals surface area contributed by atoms with Gasteiger partial charge in [-0.25, -0.2) is 9.97 Å². The quantitative estimate of drug-likeness (QED) is 0.172. The van der Waals surface area contributed by atoms with E-state index in [1.807, 2.05) is 6.07 Å². The molecule has 11 rings (SSSR count). The minimum absolute atomic E-state index is 0.922. The van der Waals surface area contributed by atoms with Gasteiger partial charge in [-0.1, -0.05) is 146 Å². The smallest absolute Gasteiger partial charge is 0.0972 e. The highest BCUT2D eigenvalue weighted by Crippen LogP contribution is 2.69. The van der Waals surface area contributed by atoms with Gasteiger partial charge < -0.3 is 0 Å². The normalized spacial score (nSPS) is 13.8. The monoisotopic (exact) mass is 694 g/mol. The van der Waals surface area contributed by atoms with Crippen molar-refractivity contribution in [2.75, 3.05) is 12.5 Å². The van der Waals surface area contributed by atoms with Crippen LogP contribution in [0.4, 0.5) is 0 Å². The minimum Gasteiger partial charge on any atom is -0.245 e. The number of fused-ring (bicyclic) bond motifs is 11. The highest BCUT2D eigenvalue weighted by molar-refractivity contribution is 8.33. The van der Waals surface area contributed by atoms with Crippen LogP contribution in [0, 0.1) is 0 Å². The Kier molecular flexibility index (Phi) is 6.50. The maximum atomic E-state index is 5.36. The largest absolute Gasteiger partial charge is 0.245 e. The average Bonchev–Trinajstić information content (AvgIpc) is 3.45. The van der Waals surface area contributed by atoms with E-state index in [2.05, 4.69) is 176 Å². The van der Waals surface area contributed by atoms with Crippen LogP contribution in [-0.4, -0.2) is 22.5 Å². The van der Waals surface area contributed by atoms with Crippen molar-refractivity contribution in [3.8, 4) is 44.8 Å². The second-order valence-corrected chi connectivity index (χ2v) is 18.0. The number of benzene rings is 8. The van der Waals surface area contributed by atoms with Crippen molar-refractivity contribution in [1.29, 1.82) is 0 Å². The molecule has 0 N–H and O–H groups in total. The van der Waals surface area contributed by atoms with Crippen LogP contribution >= 0.6 is 10.0 Å². The molecule has 0 spiro atoms. The fraction of sp³-hybridized carbons (Fsp3) is 0.0400. The first-order valence-electron chi connectivity index (χ1n) is 18.1. The molecule has 10 aromatic rings. The molecule has 0 aliphatic carbocycles. The molecule has 250 valence electrons. The molecule has 0 unspecified atom stereocenters. The lowest BCUT2D eigenvalue weighted by Crippen LogP contribution is -1.95. The lowest BCUT2D eigenvalue weighted by Gasteiger charge is -2.30. The molecule has 1 aliphatic heterocycles. The molecule has 2 aromatic heterocycles. The summed E-state index contributed by atoms with van der Waals surface area (Å²) >= 11 is 0. The van der Waals surface area contributed by atoms with Crippen LogP contribution in [0.25, 0.3) is 98.9 Å². The molecule has 3 heteroatoms. The van der Waals surface area contributed by atoms with Gasteiger partial charge in [0, 0.05) is 37.1 Å². The molecule has 0 saturated heterocycles. The number of nitrogens with zero attached hydrogens (tertiary/aromatic N) is 2. The van der Waals surface area contributed by atoms with Crippen molar-refractivity contribution in [3.05, 3.63) is 170 Å². The van der Waals surface area contributed by atoms with Crippen LogP contribution in [-0.2, 0) is 0 Å². The Morgan fingerprint density at radius 3 is 1.72 bits per heavy atom. The molecule has 0 bridgehead atoms. The summed E-state index contributed by atoms with van der Waals surface area (Å²) in [7, 11) is -1.19. The van der Waals surface area contributed by atoms with Crippen molar-refractivity contribution in [1.82, 2.24) is 9.97 Å². The van der Waals surface area contributed by atoms with Gasteiger partial charge in [-0.3, -0.25) is 0 Å². The van der Waals surface area contributed by atoms with E-state index in [9.17, 15) is 0 Å².